The Morgan fingerprint density at radius 2 is 1.81 bits per heavy atom. The number of alkyl halides is 3. The van der Waals surface area contributed by atoms with Gasteiger partial charge in [0.25, 0.3) is 5.91 Å². The van der Waals surface area contributed by atoms with Crippen molar-refractivity contribution >= 4 is 21.8 Å². The van der Waals surface area contributed by atoms with Crippen LogP contribution in [0.4, 0.5) is 22.0 Å². The number of carbonyl (C=O) groups is 1. The number of furan rings is 1. The first-order valence-electron chi connectivity index (χ1n) is 8.71. The lowest BCUT2D eigenvalue weighted by atomic mass is 10.1. The number of amides is 1. The molecule has 0 spiro atoms. The Hall–Kier alpha value is -3.12. The van der Waals surface area contributed by atoms with Crippen LogP contribution in [0.3, 0.4) is 0 Å². The van der Waals surface area contributed by atoms with E-state index in [2.05, 4.69) is 20.7 Å². The van der Waals surface area contributed by atoms with Gasteiger partial charge < -0.3 is 24.7 Å². The summed E-state index contributed by atoms with van der Waals surface area (Å²) in [5, 5.41) is 9.67. The fourth-order valence-corrected chi connectivity index (χ4v) is 3.30. The highest BCUT2D eigenvalue weighted by Crippen LogP contribution is 2.37. The highest BCUT2D eigenvalue weighted by Gasteiger charge is 2.31. The fourth-order valence-electron chi connectivity index (χ4n) is 2.77. The van der Waals surface area contributed by atoms with Crippen molar-refractivity contribution in [2.24, 2.45) is 5.73 Å². The summed E-state index contributed by atoms with van der Waals surface area (Å²) >= 11 is 3.16. The number of rotatable bonds is 7. The minimum absolute atomic E-state index is 0.00865. The second kappa shape index (κ2) is 9.17. The molecule has 0 aliphatic heterocycles. The predicted octanol–water partition coefficient (Wildman–Crippen LogP) is 5.10. The van der Waals surface area contributed by atoms with Gasteiger partial charge in [0, 0.05) is 5.56 Å². The molecule has 0 bridgehead atoms. The summed E-state index contributed by atoms with van der Waals surface area (Å²) in [6, 6.07) is 7.98. The van der Waals surface area contributed by atoms with E-state index < -0.39 is 53.7 Å². The SMILES string of the molecule is NC(=O)c1c(F)ccc(OC(CO)c2cc(-c3ccc(OC(F)(F)F)cc3)c(Br)o2)c1F. The van der Waals surface area contributed by atoms with E-state index in [1.54, 1.807) is 0 Å². The maximum absolute atomic E-state index is 14.4. The third kappa shape index (κ3) is 5.19. The molecule has 1 atom stereocenters. The fraction of sp³-hybridized carbons (Fsp3) is 0.150. The number of ether oxygens (including phenoxy) is 2. The van der Waals surface area contributed by atoms with Crippen molar-refractivity contribution in [3.63, 3.8) is 0 Å². The van der Waals surface area contributed by atoms with E-state index in [1.165, 1.54) is 18.2 Å². The van der Waals surface area contributed by atoms with Crippen LogP contribution in [-0.4, -0.2) is 24.0 Å². The summed E-state index contributed by atoms with van der Waals surface area (Å²) in [7, 11) is 0. The molecule has 3 rings (SSSR count). The van der Waals surface area contributed by atoms with E-state index in [1.807, 2.05) is 0 Å². The number of halogens is 6. The number of primary amides is 1. The minimum atomic E-state index is -4.83. The number of carbonyl (C=O) groups excluding carboxylic acids is 1. The van der Waals surface area contributed by atoms with Gasteiger partial charge in [-0.05, 0) is 51.8 Å². The van der Waals surface area contributed by atoms with Crippen molar-refractivity contribution in [3.8, 4) is 22.6 Å². The molecule has 1 aromatic heterocycles. The molecule has 1 heterocycles. The van der Waals surface area contributed by atoms with Crippen LogP contribution < -0.4 is 15.2 Å². The smallest absolute Gasteiger partial charge is 0.477 e. The average Bonchev–Trinajstić information content (AvgIpc) is 3.08. The molecule has 170 valence electrons. The van der Waals surface area contributed by atoms with Crippen LogP contribution in [0.15, 0.2) is 51.6 Å². The largest absolute Gasteiger partial charge is 0.573 e. The third-order valence-electron chi connectivity index (χ3n) is 4.16. The van der Waals surface area contributed by atoms with Crippen molar-refractivity contribution in [3.05, 3.63) is 70.1 Å². The Labute approximate surface area is 185 Å². The van der Waals surface area contributed by atoms with Gasteiger partial charge in [0.2, 0.25) is 0 Å². The zero-order chi connectivity index (χ0) is 23.6. The number of nitrogens with two attached hydrogens (primary N) is 1. The van der Waals surface area contributed by atoms with E-state index in [0.717, 1.165) is 24.3 Å². The molecular weight excluding hydrogens is 509 g/mol. The van der Waals surface area contributed by atoms with Gasteiger partial charge >= 0.3 is 6.36 Å². The number of benzene rings is 2. The van der Waals surface area contributed by atoms with Gasteiger partial charge in [-0.25, -0.2) is 8.78 Å². The van der Waals surface area contributed by atoms with Gasteiger partial charge in [-0.2, -0.15) is 0 Å². The second-order valence-electron chi connectivity index (χ2n) is 6.30. The van der Waals surface area contributed by atoms with Gasteiger partial charge in [-0.15, -0.1) is 13.2 Å². The molecule has 0 saturated carbocycles. The molecule has 3 N–H and O–H groups in total. The summed E-state index contributed by atoms with van der Waals surface area (Å²) in [5.41, 5.74) is 4.79. The first-order chi connectivity index (χ1) is 15.0. The van der Waals surface area contributed by atoms with Gasteiger partial charge in [-0.1, -0.05) is 12.1 Å². The molecule has 3 aromatic rings. The lowest BCUT2D eigenvalue weighted by molar-refractivity contribution is -0.274. The first-order valence-corrected chi connectivity index (χ1v) is 9.50. The van der Waals surface area contributed by atoms with Gasteiger partial charge in [-0.3, -0.25) is 4.79 Å². The molecule has 0 fully saturated rings. The highest BCUT2D eigenvalue weighted by atomic mass is 79.9. The molecular formula is C20H13BrF5NO5. The predicted molar refractivity (Wildman–Crippen MR) is 104 cm³/mol. The number of aliphatic hydroxyl groups is 1. The van der Waals surface area contributed by atoms with Crippen LogP contribution in [0.5, 0.6) is 11.5 Å². The highest BCUT2D eigenvalue weighted by molar-refractivity contribution is 9.10. The number of hydrogen-bond donors (Lipinski definition) is 2. The van der Waals surface area contributed by atoms with Crippen LogP contribution in [-0.2, 0) is 0 Å². The van der Waals surface area contributed by atoms with Crippen LogP contribution in [0, 0.1) is 11.6 Å². The van der Waals surface area contributed by atoms with Crippen molar-refractivity contribution in [2.45, 2.75) is 12.5 Å². The maximum Gasteiger partial charge on any atom is 0.573 e. The number of hydrogen-bond acceptors (Lipinski definition) is 5. The van der Waals surface area contributed by atoms with Crippen LogP contribution in [0.1, 0.15) is 22.2 Å². The molecule has 0 aliphatic carbocycles. The number of aliphatic hydroxyl groups excluding tert-OH is 1. The molecule has 0 aliphatic rings. The quantitative estimate of drug-likeness (QED) is 0.422. The molecule has 1 unspecified atom stereocenters. The zero-order valence-electron chi connectivity index (χ0n) is 15.8. The van der Waals surface area contributed by atoms with Crippen molar-refractivity contribution in [1.82, 2.24) is 0 Å². The summed E-state index contributed by atoms with van der Waals surface area (Å²) in [6.07, 6.45) is -6.10. The standard InChI is InChI=1S/C20H13BrF5NO5/c21-18-11(9-1-3-10(4-2-9)32-20(24,25)26)7-14(31-18)15(8-28)30-13-6-5-12(22)16(17(13)23)19(27)29/h1-7,15,28H,8H2,(H2,27,29). The second-order valence-corrected chi connectivity index (χ2v) is 7.02. The molecule has 6 nitrogen and oxygen atoms in total. The maximum atomic E-state index is 14.4. The van der Waals surface area contributed by atoms with Crippen LogP contribution in [0.2, 0.25) is 0 Å². The third-order valence-corrected chi connectivity index (χ3v) is 4.75. The molecule has 0 saturated heterocycles. The van der Waals surface area contributed by atoms with Crippen molar-refractivity contribution < 1.29 is 45.7 Å². The van der Waals surface area contributed by atoms with E-state index in [9.17, 15) is 31.9 Å². The van der Waals surface area contributed by atoms with Gasteiger partial charge in [0.05, 0.1) is 6.61 Å². The molecule has 32 heavy (non-hydrogen) atoms. The topological polar surface area (TPSA) is 94.9 Å². The van der Waals surface area contributed by atoms with E-state index in [0.29, 0.717) is 11.1 Å². The average molecular weight is 522 g/mol. The molecule has 12 heteroatoms. The summed E-state index contributed by atoms with van der Waals surface area (Å²) in [6.45, 7) is -0.694. The monoisotopic (exact) mass is 521 g/mol. The lowest BCUT2D eigenvalue weighted by Gasteiger charge is -2.16. The molecule has 2 aromatic carbocycles. The summed E-state index contributed by atoms with van der Waals surface area (Å²) in [5.74, 6) is -4.83. The van der Waals surface area contributed by atoms with Crippen LogP contribution >= 0.6 is 15.9 Å². The van der Waals surface area contributed by atoms with E-state index in [-0.39, 0.29) is 10.4 Å². The van der Waals surface area contributed by atoms with Gasteiger partial charge in [0.15, 0.2) is 22.3 Å². The Bertz CT molecular complexity index is 1130. The first kappa shape index (κ1) is 23.5. The van der Waals surface area contributed by atoms with Crippen molar-refractivity contribution in [1.29, 1.82) is 0 Å². The Morgan fingerprint density at radius 1 is 1.16 bits per heavy atom. The minimum Gasteiger partial charge on any atom is -0.477 e. The Balaban J connectivity index is 1.87. The van der Waals surface area contributed by atoms with Crippen LogP contribution in [0.25, 0.3) is 11.1 Å². The lowest BCUT2D eigenvalue weighted by Crippen LogP contribution is -2.18. The zero-order valence-corrected chi connectivity index (χ0v) is 17.3. The summed E-state index contributed by atoms with van der Waals surface area (Å²) < 4.78 is 79.8. The van der Waals surface area contributed by atoms with E-state index in [4.69, 9.17) is 14.9 Å². The Morgan fingerprint density at radius 3 is 2.38 bits per heavy atom. The van der Waals surface area contributed by atoms with Crippen molar-refractivity contribution in [2.75, 3.05) is 6.61 Å². The van der Waals surface area contributed by atoms with E-state index >= 15 is 0 Å². The Kier molecular flexibility index (Phi) is 6.74. The molecule has 1 amide bonds. The van der Waals surface area contributed by atoms with Gasteiger partial charge in [0.1, 0.15) is 22.9 Å². The normalized spacial score (nSPS) is 12.5. The molecule has 0 radical (unpaired) electrons. The summed E-state index contributed by atoms with van der Waals surface area (Å²) in [4.78, 5) is 11.3.